The van der Waals surface area contributed by atoms with Crippen LogP contribution in [-0.4, -0.2) is 60.9 Å². The highest BCUT2D eigenvalue weighted by molar-refractivity contribution is 5.96. The topological polar surface area (TPSA) is 43.9 Å². The van der Waals surface area contributed by atoms with Crippen molar-refractivity contribution < 1.29 is 9.59 Å². The molecule has 28 heavy (non-hydrogen) atoms. The average molecular weight is 377 g/mol. The van der Waals surface area contributed by atoms with Crippen molar-refractivity contribution in [3.8, 4) is 0 Å². The van der Waals surface area contributed by atoms with Gasteiger partial charge in [0.05, 0.1) is 0 Å². The Morgan fingerprint density at radius 1 is 0.714 bits per heavy atom. The largest absolute Gasteiger partial charge is 0.372 e. The number of aryl methyl sites for hydroxylation is 1. The smallest absolute Gasteiger partial charge is 0.253 e. The molecule has 0 aliphatic carbocycles. The molecule has 2 aliphatic rings. The first kappa shape index (κ1) is 18.5. The number of hydrogen-bond donors (Lipinski definition) is 0. The highest BCUT2D eigenvalue weighted by Gasteiger charge is 2.25. The summed E-state index contributed by atoms with van der Waals surface area (Å²) in [5.74, 6) is 0.0985. The van der Waals surface area contributed by atoms with E-state index in [1.807, 2.05) is 53.1 Å². The van der Waals surface area contributed by atoms with E-state index in [1.165, 1.54) is 18.5 Å². The molecule has 0 N–H and O–H groups in total. The van der Waals surface area contributed by atoms with Crippen molar-refractivity contribution in [3.05, 3.63) is 65.2 Å². The Morgan fingerprint density at radius 2 is 1.29 bits per heavy atom. The third-order valence-corrected chi connectivity index (χ3v) is 5.70. The quantitative estimate of drug-likeness (QED) is 0.825. The summed E-state index contributed by atoms with van der Waals surface area (Å²) in [6, 6.07) is 15.6. The summed E-state index contributed by atoms with van der Waals surface area (Å²) in [5, 5.41) is 0. The fourth-order valence-corrected chi connectivity index (χ4v) is 4.05. The second kappa shape index (κ2) is 8.05. The monoisotopic (exact) mass is 377 g/mol. The number of nitrogens with zero attached hydrogens (tertiary/aromatic N) is 3. The molecule has 0 unspecified atom stereocenters. The third-order valence-electron chi connectivity index (χ3n) is 5.70. The van der Waals surface area contributed by atoms with E-state index in [0.29, 0.717) is 26.2 Å². The number of carbonyl (C=O) groups excluding carboxylic acids is 2. The first-order valence-electron chi connectivity index (χ1n) is 10.1. The van der Waals surface area contributed by atoms with Gasteiger partial charge in [-0.1, -0.05) is 17.7 Å². The van der Waals surface area contributed by atoms with Gasteiger partial charge in [-0.05, 0) is 56.2 Å². The zero-order valence-corrected chi connectivity index (χ0v) is 16.4. The lowest BCUT2D eigenvalue weighted by molar-refractivity contribution is 0.0535. The molecule has 5 heteroatoms. The molecule has 0 atom stereocenters. The molecule has 2 aromatic carbocycles. The Labute approximate surface area is 166 Å². The Hall–Kier alpha value is -2.82. The van der Waals surface area contributed by atoms with Crippen LogP contribution in [0.15, 0.2) is 48.5 Å². The molecule has 0 aromatic heterocycles. The van der Waals surface area contributed by atoms with E-state index in [1.54, 1.807) is 0 Å². The van der Waals surface area contributed by atoms with Gasteiger partial charge in [0.1, 0.15) is 0 Å². The first-order valence-corrected chi connectivity index (χ1v) is 10.1. The van der Waals surface area contributed by atoms with E-state index < -0.39 is 0 Å². The summed E-state index contributed by atoms with van der Waals surface area (Å²) in [5.41, 5.74) is 3.72. The number of rotatable bonds is 3. The summed E-state index contributed by atoms with van der Waals surface area (Å²) in [6.45, 7) is 6.49. The minimum absolute atomic E-state index is 0.0470. The van der Waals surface area contributed by atoms with Crippen LogP contribution >= 0.6 is 0 Å². The fourth-order valence-electron chi connectivity index (χ4n) is 4.05. The van der Waals surface area contributed by atoms with Crippen LogP contribution in [0.3, 0.4) is 0 Å². The molecule has 4 rings (SSSR count). The molecule has 2 heterocycles. The van der Waals surface area contributed by atoms with Crippen LogP contribution in [-0.2, 0) is 0 Å². The van der Waals surface area contributed by atoms with Crippen LogP contribution in [0.4, 0.5) is 5.69 Å². The number of anilines is 1. The van der Waals surface area contributed by atoms with Crippen molar-refractivity contribution in [1.82, 2.24) is 9.80 Å². The van der Waals surface area contributed by atoms with Crippen LogP contribution in [0, 0.1) is 6.92 Å². The Bertz CT molecular complexity index is 848. The normalized spacial score (nSPS) is 17.1. The van der Waals surface area contributed by atoms with Gasteiger partial charge in [-0.3, -0.25) is 9.59 Å². The fraction of sp³-hybridized carbons (Fsp3) is 0.391. The molecule has 2 aromatic rings. The summed E-state index contributed by atoms with van der Waals surface area (Å²) in [7, 11) is 0. The lowest BCUT2D eigenvalue weighted by atomic mass is 10.1. The van der Waals surface area contributed by atoms with Crippen LogP contribution in [0.2, 0.25) is 0 Å². The van der Waals surface area contributed by atoms with E-state index in [4.69, 9.17) is 0 Å². The second-order valence-electron chi connectivity index (χ2n) is 7.69. The molecule has 2 aliphatic heterocycles. The lowest BCUT2D eigenvalue weighted by Gasteiger charge is -2.35. The lowest BCUT2D eigenvalue weighted by Crippen LogP contribution is -2.50. The van der Waals surface area contributed by atoms with Crippen molar-refractivity contribution in [3.63, 3.8) is 0 Å². The van der Waals surface area contributed by atoms with Crippen molar-refractivity contribution in [2.24, 2.45) is 0 Å². The van der Waals surface area contributed by atoms with Gasteiger partial charge in [0.15, 0.2) is 0 Å². The molecule has 0 bridgehead atoms. The van der Waals surface area contributed by atoms with E-state index in [9.17, 15) is 9.59 Å². The zero-order valence-electron chi connectivity index (χ0n) is 16.4. The van der Waals surface area contributed by atoms with Crippen molar-refractivity contribution in [2.45, 2.75) is 19.8 Å². The van der Waals surface area contributed by atoms with Crippen LogP contribution in [0.1, 0.15) is 39.1 Å². The molecule has 0 saturated carbocycles. The van der Waals surface area contributed by atoms with Gasteiger partial charge in [-0.25, -0.2) is 0 Å². The number of amides is 2. The predicted molar refractivity (Wildman–Crippen MR) is 111 cm³/mol. The summed E-state index contributed by atoms with van der Waals surface area (Å²) < 4.78 is 0. The second-order valence-corrected chi connectivity index (χ2v) is 7.69. The Balaban J connectivity index is 1.35. The molecular formula is C23H27N3O2. The number of benzene rings is 2. The standard InChI is InChI=1S/C23H27N3O2/c1-18-5-4-6-20(17-18)23(28)26-15-13-25(14-16-26)22(27)19-7-9-21(10-8-19)24-11-2-3-12-24/h4-10,17H,2-3,11-16H2,1H3. The van der Waals surface area contributed by atoms with Gasteiger partial charge in [0.2, 0.25) is 0 Å². The van der Waals surface area contributed by atoms with Crippen molar-refractivity contribution >= 4 is 17.5 Å². The van der Waals surface area contributed by atoms with E-state index >= 15 is 0 Å². The molecule has 0 radical (unpaired) electrons. The number of hydrogen-bond acceptors (Lipinski definition) is 3. The maximum atomic E-state index is 12.8. The maximum Gasteiger partial charge on any atom is 0.253 e. The van der Waals surface area contributed by atoms with Gasteiger partial charge in [0, 0.05) is 56.1 Å². The molecule has 0 spiro atoms. The van der Waals surface area contributed by atoms with Crippen molar-refractivity contribution in [1.29, 1.82) is 0 Å². The zero-order chi connectivity index (χ0) is 19.5. The van der Waals surface area contributed by atoms with Gasteiger partial charge in [-0.2, -0.15) is 0 Å². The Kier molecular flexibility index (Phi) is 5.33. The maximum absolute atomic E-state index is 12.8. The summed E-state index contributed by atoms with van der Waals surface area (Å²) >= 11 is 0. The van der Waals surface area contributed by atoms with E-state index in [0.717, 1.165) is 29.8 Å². The number of carbonyl (C=O) groups is 2. The van der Waals surface area contributed by atoms with Gasteiger partial charge < -0.3 is 14.7 Å². The SMILES string of the molecule is Cc1cccc(C(=O)N2CCN(C(=O)c3ccc(N4CCCC4)cc3)CC2)c1. The first-order chi connectivity index (χ1) is 13.6. The van der Waals surface area contributed by atoms with Gasteiger partial charge in [-0.15, -0.1) is 0 Å². The van der Waals surface area contributed by atoms with Crippen LogP contribution in [0.25, 0.3) is 0 Å². The van der Waals surface area contributed by atoms with E-state index in [-0.39, 0.29) is 11.8 Å². The van der Waals surface area contributed by atoms with Gasteiger partial charge in [0.25, 0.3) is 11.8 Å². The van der Waals surface area contributed by atoms with Crippen molar-refractivity contribution in [2.75, 3.05) is 44.2 Å². The molecular weight excluding hydrogens is 350 g/mol. The van der Waals surface area contributed by atoms with Gasteiger partial charge >= 0.3 is 0 Å². The number of piperazine rings is 1. The minimum atomic E-state index is 0.0470. The van der Waals surface area contributed by atoms with Crippen LogP contribution < -0.4 is 4.90 Å². The molecule has 2 fully saturated rings. The molecule has 146 valence electrons. The Morgan fingerprint density at radius 3 is 1.86 bits per heavy atom. The predicted octanol–water partition coefficient (Wildman–Crippen LogP) is 3.19. The van der Waals surface area contributed by atoms with E-state index in [2.05, 4.69) is 17.0 Å². The summed E-state index contributed by atoms with van der Waals surface area (Å²) in [4.78, 5) is 31.6. The third kappa shape index (κ3) is 3.88. The highest BCUT2D eigenvalue weighted by Crippen LogP contribution is 2.21. The minimum Gasteiger partial charge on any atom is -0.372 e. The van der Waals surface area contributed by atoms with Crippen LogP contribution in [0.5, 0.6) is 0 Å². The summed E-state index contributed by atoms with van der Waals surface area (Å²) in [6.07, 6.45) is 2.48. The molecule has 2 amide bonds. The molecule has 5 nitrogen and oxygen atoms in total. The molecule has 2 saturated heterocycles. The average Bonchev–Trinajstić information content (AvgIpc) is 3.28. The highest BCUT2D eigenvalue weighted by atomic mass is 16.2.